The molecule has 0 radical (unpaired) electrons. The number of hydrogen-bond acceptors (Lipinski definition) is 6. The number of hydrogen-bond donors (Lipinski definition) is 2. The molecule has 1 saturated carbocycles. The van der Waals surface area contributed by atoms with E-state index in [1.54, 1.807) is 0 Å². The number of unbranched alkanes of at least 4 members (excludes halogenated alkanes) is 2. The zero-order valence-electron chi connectivity index (χ0n) is 28.2. The Morgan fingerprint density at radius 1 is 1.02 bits per heavy atom. The number of alkyl carbamates (subject to hydrolysis) is 1. The minimum absolute atomic E-state index is 0.153. The van der Waals surface area contributed by atoms with Gasteiger partial charge in [-0.3, -0.25) is 4.98 Å². The van der Waals surface area contributed by atoms with E-state index in [0.29, 0.717) is 18.6 Å². The number of rotatable bonds is 11. The fourth-order valence-electron chi connectivity index (χ4n) is 5.06. The Labute approximate surface area is 255 Å². The largest absolute Gasteiger partial charge is 0.444 e. The molecular formula is C33H57N5O3Si. The topological polar surface area (TPSA) is 90.3 Å². The lowest BCUT2D eigenvalue weighted by atomic mass is 10.0. The maximum atomic E-state index is 11.8. The molecule has 0 spiro atoms. The smallest absolute Gasteiger partial charge is 0.407 e. The van der Waals surface area contributed by atoms with E-state index in [1.165, 1.54) is 0 Å². The van der Waals surface area contributed by atoms with E-state index in [2.05, 4.69) is 87.1 Å². The molecule has 2 atom stereocenters. The summed E-state index contributed by atoms with van der Waals surface area (Å²) in [4.78, 5) is 16.4. The molecule has 2 aromatic heterocycles. The molecule has 1 amide bonds. The summed E-state index contributed by atoms with van der Waals surface area (Å²) in [6.45, 7) is 24.5. The van der Waals surface area contributed by atoms with Gasteiger partial charge in [-0.15, -0.1) is 0 Å². The van der Waals surface area contributed by atoms with E-state index >= 15 is 0 Å². The first kappa shape index (κ1) is 34.1. The summed E-state index contributed by atoms with van der Waals surface area (Å²) < 4.78 is 14.2. The Balaban J connectivity index is 1.58. The minimum Gasteiger partial charge on any atom is -0.444 e. The van der Waals surface area contributed by atoms with Gasteiger partial charge in [0.05, 0.1) is 11.2 Å². The number of carbonyl (C=O) groups is 1. The number of carbonyl (C=O) groups excluding carboxylic acids is 1. The highest BCUT2D eigenvalue weighted by Gasteiger charge is 2.41. The van der Waals surface area contributed by atoms with Crippen LogP contribution in [-0.4, -0.2) is 47.4 Å². The Kier molecular flexibility index (Phi) is 11.0. The number of pyridine rings is 1. The third-order valence-corrected chi connectivity index (χ3v) is 12.8. The van der Waals surface area contributed by atoms with Crippen LogP contribution < -0.4 is 10.6 Å². The van der Waals surface area contributed by atoms with E-state index in [9.17, 15) is 4.79 Å². The van der Waals surface area contributed by atoms with Crippen LogP contribution in [0.3, 0.4) is 0 Å². The lowest BCUT2D eigenvalue weighted by Crippen LogP contribution is -2.43. The van der Waals surface area contributed by atoms with Gasteiger partial charge in [0.1, 0.15) is 11.4 Å². The molecule has 0 aromatic carbocycles. The molecule has 1 fully saturated rings. The Morgan fingerprint density at radius 3 is 2.38 bits per heavy atom. The van der Waals surface area contributed by atoms with Gasteiger partial charge in [-0.05, 0) is 110 Å². The van der Waals surface area contributed by atoms with E-state index in [-0.39, 0.29) is 16.7 Å². The Morgan fingerprint density at radius 2 is 1.74 bits per heavy atom. The highest BCUT2D eigenvalue weighted by atomic mass is 28.4. The fourth-order valence-corrected chi connectivity index (χ4v) is 6.46. The summed E-state index contributed by atoms with van der Waals surface area (Å²) in [6, 6.07) is 6.40. The maximum absolute atomic E-state index is 11.8. The molecule has 9 heteroatoms. The van der Waals surface area contributed by atoms with Crippen LogP contribution >= 0.6 is 0 Å². The predicted octanol–water partition coefficient (Wildman–Crippen LogP) is 8.67. The van der Waals surface area contributed by atoms with Crippen LogP contribution in [0, 0.1) is 0 Å². The van der Waals surface area contributed by atoms with Crippen molar-refractivity contribution in [1.29, 1.82) is 0 Å². The van der Waals surface area contributed by atoms with Gasteiger partial charge in [0.15, 0.2) is 8.32 Å². The number of anilines is 2. The van der Waals surface area contributed by atoms with Crippen molar-refractivity contribution in [3.63, 3.8) is 0 Å². The van der Waals surface area contributed by atoms with E-state index in [4.69, 9.17) is 14.3 Å². The van der Waals surface area contributed by atoms with Crippen molar-refractivity contribution < 1.29 is 14.0 Å². The van der Waals surface area contributed by atoms with Crippen LogP contribution in [-0.2, 0) is 21.1 Å². The molecule has 0 unspecified atom stereocenters. The third kappa shape index (κ3) is 10.1. The lowest BCUT2D eigenvalue weighted by molar-refractivity contribution is 0.0527. The SMILES string of the molecule is CC(C)(C)OC(=O)NCCCCCc1cc(Nc2cc([C@H]3CC[C@@H](O[Si](C)(C)C(C)(C)C)C3)nn2C(C)(C)C)ccn1. The summed E-state index contributed by atoms with van der Waals surface area (Å²) in [6.07, 6.45) is 8.93. The first-order valence-electron chi connectivity index (χ1n) is 15.8. The number of aryl methyl sites for hydroxylation is 1. The first-order chi connectivity index (χ1) is 19.3. The molecule has 1 aliphatic carbocycles. The van der Waals surface area contributed by atoms with Crippen molar-refractivity contribution in [2.45, 2.75) is 149 Å². The van der Waals surface area contributed by atoms with Gasteiger partial charge in [0.2, 0.25) is 0 Å². The highest BCUT2D eigenvalue weighted by Crippen LogP contribution is 2.43. The van der Waals surface area contributed by atoms with Gasteiger partial charge in [-0.2, -0.15) is 5.10 Å². The number of nitrogens with zero attached hydrogens (tertiary/aromatic N) is 3. The molecule has 0 aliphatic heterocycles. The monoisotopic (exact) mass is 599 g/mol. The van der Waals surface area contributed by atoms with Gasteiger partial charge in [-0.25, -0.2) is 9.48 Å². The van der Waals surface area contributed by atoms with Gasteiger partial charge >= 0.3 is 6.09 Å². The van der Waals surface area contributed by atoms with Crippen molar-refractivity contribution in [3.05, 3.63) is 35.8 Å². The molecule has 42 heavy (non-hydrogen) atoms. The minimum atomic E-state index is -1.79. The Hall–Kier alpha value is -2.39. The fraction of sp³-hybridized carbons (Fsp3) is 0.727. The summed E-state index contributed by atoms with van der Waals surface area (Å²) in [5.41, 5.74) is 2.61. The van der Waals surface area contributed by atoms with Gasteiger partial charge in [-0.1, -0.05) is 27.2 Å². The number of amides is 1. The van der Waals surface area contributed by atoms with Crippen LogP contribution in [0.4, 0.5) is 16.3 Å². The van der Waals surface area contributed by atoms with Crippen molar-refractivity contribution >= 4 is 25.9 Å². The summed E-state index contributed by atoms with van der Waals surface area (Å²) in [5.74, 6) is 1.43. The molecular weight excluding hydrogens is 542 g/mol. The van der Waals surface area contributed by atoms with Gasteiger partial charge < -0.3 is 19.8 Å². The second-order valence-electron chi connectivity index (χ2n) is 15.4. The van der Waals surface area contributed by atoms with Crippen LogP contribution in [0.1, 0.15) is 118 Å². The van der Waals surface area contributed by atoms with Crippen LogP contribution in [0.5, 0.6) is 0 Å². The number of aromatic nitrogens is 3. The number of nitrogens with one attached hydrogen (secondary N) is 2. The molecule has 236 valence electrons. The summed E-state index contributed by atoms with van der Waals surface area (Å²) in [5, 5.41) is 11.8. The summed E-state index contributed by atoms with van der Waals surface area (Å²) >= 11 is 0. The van der Waals surface area contributed by atoms with Crippen molar-refractivity contribution in [1.82, 2.24) is 20.1 Å². The standard InChI is InChI=1S/C33H57N5O3Si/c1-31(2,3)38-29(23-28(37-38)24-16-17-27(21-24)41-42(10,11)33(7,8)9)36-26-18-20-34-25(22-26)15-13-12-14-19-35-30(39)40-32(4,5)6/h18,20,22-24,27H,12-17,19,21H2,1-11H3,(H,34,36)(H,35,39)/t24-,27+/m0/s1. The van der Waals surface area contributed by atoms with E-state index in [0.717, 1.165) is 67.8 Å². The molecule has 8 nitrogen and oxygen atoms in total. The third-order valence-electron chi connectivity index (χ3n) is 8.30. The van der Waals surface area contributed by atoms with Crippen molar-refractivity contribution in [3.8, 4) is 0 Å². The van der Waals surface area contributed by atoms with Gasteiger partial charge in [0.25, 0.3) is 0 Å². The lowest BCUT2D eigenvalue weighted by Gasteiger charge is -2.38. The average Bonchev–Trinajstić information content (AvgIpc) is 3.46. The van der Waals surface area contributed by atoms with Crippen LogP contribution in [0.25, 0.3) is 0 Å². The molecule has 0 bridgehead atoms. The maximum Gasteiger partial charge on any atom is 0.407 e. The quantitative estimate of drug-likeness (QED) is 0.198. The van der Waals surface area contributed by atoms with Gasteiger partial charge in [0, 0.05) is 42.2 Å². The van der Waals surface area contributed by atoms with E-state index in [1.807, 2.05) is 33.0 Å². The average molecular weight is 600 g/mol. The molecule has 2 N–H and O–H groups in total. The van der Waals surface area contributed by atoms with E-state index < -0.39 is 13.9 Å². The number of ether oxygens (including phenoxy) is 1. The Bertz CT molecular complexity index is 1170. The summed E-state index contributed by atoms with van der Waals surface area (Å²) in [7, 11) is -1.79. The van der Waals surface area contributed by atoms with Crippen molar-refractivity contribution in [2.24, 2.45) is 0 Å². The molecule has 2 heterocycles. The van der Waals surface area contributed by atoms with Crippen molar-refractivity contribution in [2.75, 3.05) is 11.9 Å². The molecule has 3 rings (SSSR count). The molecule has 2 aromatic rings. The predicted molar refractivity (Wildman–Crippen MR) is 175 cm³/mol. The zero-order valence-corrected chi connectivity index (χ0v) is 29.2. The molecule has 1 aliphatic rings. The van der Waals surface area contributed by atoms with Crippen LogP contribution in [0.15, 0.2) is 24.4 Å². The normalized spacial score (nSPS) is 18.3. The second-order valence-corrected chi connectivity index (χ2v) is 20.2. The zero-order chi connectivity index (χ0) is 31.3. The second kappa shape index (κ2) is 13.5. The first-order valence-corrected chi connectivity index (χ1v) is 18.7. The molecule has 0 saturated heterocycles. The highest BCUT2D eigenvalue weighted by molar-refractivity contribution is 6.74. The van der Waals surface area contributed by atoms with Crippen LogP contribution in [0.2, 0.25) is 18.1 Å².